The third-order valence-electron chi connectivity index (χ3n) is 6.68. The number of ether oxygens (including phenoxy) is 3. The highest BCUT2D eigenvalue weighted by Gasteiger charge is 2.28. The van der Waals surface area contributed by atoms with Gasteiger partial charge in [-0.25, -0.2) is 18.4 Å². The zero-order chi connectivity index (χ0) is 25.3. The molecule has 0 aromatic carbocycles. The summed E-state index contributed by atoms with van der Waals surface area (Å²) >= 11 is 0. The number of rotatable bonds is 8. The Labute approximate surface area is 210 Å². The molecule has 11 nitrogen and oxygen atoms in total. The van der Waals surface area contributed by atoms with Crippen molar-refractivity contribution in [2.45, 2.75) is 25.4 Å². The van der Waals surface area contributed by atoms with Crippen molar-refractivity contribution >= 4 is 26.7 Å². The Bertz CT molecular complexity index is 1340. The van der Waals surface area contributed by atoms with Crippen molar-refractivity contribution in [1.82, 2.24) is 24.6 Å². The molecule has 0 unspecified atom stereocenters. The molecule has 2 saturated heterocycles. The highest BCUT2D eigenvalue weighted by atomic mass is 32.2. The Balaban J connectivity index is 1.41. The summed E-state index contributed by atoms with van der Waals surface area (Å²) in [5.41, 5.74) is 2.15. The summed E-state index contributed by atoms with van der Waals surface area (Å²) in [6.07, 6.45) is 7.72. The van der Waals surface area contributed by atoms with Crippen LogP contribution in [-0.4, -0.2) is 85.4 Å². The molecule has 1 N–H and O–H groups in total. The lowest BCUT2D eigenvalue weighted by atomic mass is 10.00. The number of methoxy groups -OCH3 is 1. The quantitative estimate of drug-likeness (QED) is 0.481. The summed E-state index contributed by atoms with van der Waals surface area (Å²) < 4.78 is 45.1. The fourth-order valence-corrected chi connectivity index (χ4v) is 5.44. The van der Waals surface area contributed by atoms with E-state index in [0.29, 0.717) is 28.6 Å². The molecule has 194 valence electrons. The molecule has 2 aliphatic rings. The fourth-order valence-electron chi connectivity index (χ4n) is 4.89. The molecule has 0 radical (unpaired) electrons. The number of pyridine rings is 2. The Hall–Kier alpha value is -2.96. The first-order valence-electron chi connectivity index (χ1n) is 12.1. The molecule has 36 heavy (non-hydrogen) atoms. The first kappa shape index (κ1) is 24.7. The standard InChI is InChI=1S/C24H32N6O5S/c1-29-23-19(13-26-29)22(35-18-4-7-30(15-18)14-16-5-8-34-9-6-16)11-20(27-23)17-10-21(28-36(3,31)32)24(33-2)25-12-17/h10-13,16,18,28H,4-9,14-15H2,1-3H3/t18-/m1/s1. The van der Waals surface area contributed by atoms with E-state index in [1.807, 2.05) is 13.1 Å². The van der Waals surface area contributed by atoms with Gasteiger partial charge in [0, 0.05) is 57.7 Å². The molecular formula is C24H32N6O5S. The van der Waals surface area contributed by atoms with Gasteiger partial charge in [-0.05, 0) is 31.2 Å². The molecule has 2 fully saturated rings. The molecule has 1 atom stereocenters. The molecule has 3 aromatic heterocycles. The van der Waals surface area contributed by atoms with Crippen molar-refractivity contribution in [2.24, 2.45) is 13.0 Å². The summed E-state index contributed by atoms with van der Waals surface area (Å²) in [6, 6.07) is 3.53. The molecule has 2 aliphatic heterocycles. The van der Waals surface area contributed by atoms with Gasteiger partial charge < -0.3 is 14.2 Å². The lowest BCUT2D eigenvalue weighted by Gasteiger charge is -2.26. The first-order valence-corrected chi connectivity index (χ1v) is 14.0. The highest BCUT2D eigenvalue weighted by molar-refractivity contribution is 7.92. The van der Waals surface area contributed by atoms with E-state index >= 15 is 0 Å². The van der Waals surface area contributed by atoms with Gasteiger partial charge in [-0.3, -0.25) is 14.3 Å². The monoisotopic (exact) mass is 516 g/mol. The Morgan fingerprint density at radius 1 is 1.19 bits per heavy atom. The molecule has 3 aromatic rings. The Kier molecular flexibility index (Phi) is 7.00. The minimum Gasteiger partial charge on any atom is -0.488 e. The van der Waals surface area contributed by atoms with E-state index in [1.54, 1.807) is 23.1 Å². The lowest BCUT2D eigenvalue weighted by molar-refractivity contribution is 0.0542. The van der Waals surface area contributed by atoms with Gasteiger partial charge in [0.2, 0.25) is 15.9 Å². The maximum Gasteiger partial charge on any atom is 0.238 e. The summed E-state index contributed by atoms with van der Waals surface area (Å²) in [5, 5.41) is 5.21. The van der Waals surface area contributed by atoms with Crippen molar-refractivity contribution in [3.8, 4) is 22.9 Å². The zero-order valence-corrected chi connectivity index (χ0v) is 21.6. The number of aromatic nitrogens is 4. The molecular weight excluding hydrogens is 484 g/mol. The SMILES string of the molecule is COc1ncc(-c2cc(O[C@@H]3CCN(CC4CCOCC4)C3)c3cnn(C)c3n2)cc1NS(C)(=O)=O. The highest BCUT2D eigenvalue weighted by Crippen LogP contribution is 2.34. The van der Waals surface area contributed by atoms with Crippen LogP contribution < -0.4 is 14.2 Å². The van der Waals surface area contributed by atoms with Gasteiger partial charge in [-0.15, -0.1) is 0 Å². The van der Waals surface area contributed by atoms with E-state index in [4.69, 9.17) is 19.2 Å². The van der Waals surface area contributed by atoms with Crippen LogP contribution in [0.4, 0.5) is 5.69 Å². The molecule has 0 saturated carbocycles. The minimum absolute atomic E-state index is 0.0694. The molecule has 12 heteroatoms. The minimum atomic E-state index is -3.52. The summed E-state index contributed by atoms with van der Waals surface area (Å²) in [4.78, 5) is 11.5. The third-order valence-corrected chi connectivity index (χ3v) is 7.27. The van der Waals surface area contributed by atoms with Crippen LogP contribution in [0.2, 0.25) is 0 Å². The van der Waals surface area contributed by atoms with Crippen LogP contribution in [0.25, 0.3) is 22.3 Å². The van der Waals surface area contributed by atoms with Crippen LogP contribution in [0.5, 0.6) is 11.6 Å². The van der Waals surface area contributed by atoms with E-state index < -0.39 is 10.0 Å². The largest absolute Gasteiger partial charge is 0.488 e. The third kappa shape index (κ3) is 5.55. The van der Waals surface area contributed by atoms with Crippen LogP contribution in [-0.2, 0) is 21.8 Å². The molecule has 0 aliphatic carbocycles. The second-order valence-electron chi connectivity index (χ2n) is 9.51. The second-order valence-corrected chi connectivity index (χ2v) is 11.3. The Morgan fingerprint density at radius 2 is 2.00 bits per heavy atom. The predicted molar refractivity (Wildman–Crippen MR) is 136 cm³/mol. The average Bonchev–Trinajstić information content (AvgIpc) is 3.45. The van der Waals surface area contributed by atoms with Crippen LogP contribution in [0.1, 0.15) is 19.3 Å². The van der Waals surface area contributed by atoms with E-state index in [-0.39, 0.29) is 17.7 Å². The van der Waals surface area contributed by atoms with Crippen molar-refractivity contribution in [3.63, 3.8) is 0 Å². The number of anilines is 1. The van der Waals surface area contributed by atoms with Crippen molar-refractivity contribution < 1.29 is 22.6 Å². The lowest BCUT2D eigenvalue weighted by Crippen LogP contribution is -2.32. The van der Waals surface area contributed by atoms with Gasteiger partial charge in [-0.2, -0.15) is 5.10 Å². The van der Waals surface area contributed by atoms with Crippen molar-refractivity contribution in [1.29, 1.82) is 0 Å². The van der Waals surface area contributed by atoms with E-state index in [0.717, 1.165) is 63.8 Å². The number of sulfonamides is 1. The van der Waals surface area contributed by atoms with Gasteiger partial charge in [0.05, 0.1) is 30.6 Å². The number of nitrogens with one attached hydrogen (secondary N) is 1. The van der Waals surface area contributed by atoms with Gasteiger partial charge in [0.1, 0.15) is 17.5 Å². The smallest absolute Gasteiger partial charge is 0.238 e. The number of nitrogens with zero attached hydrogens (tertiary/aromatic N) is 5. The molecule has 0 bridgehead atoms. The molecule has 0 spiro atoms. The topological polar surface area (TPSA) is 121 Å². The number of fused-ring (bicyclic) bond motifs is 1. The van der Waals surface area contributed by atoms with Gasteiger partial charge in [0.25, 0.3) is 0 Å². The van der Waals surface area contributed by atoms with Crippen LogP contribution >= 0.6 is 0 Å². The zero-order valence-electron chi connectivity index (χ0n) is 20.8. The number of hydrogen-bond acceptors (Lipinski definition) is 9. The summed E-state index contributed by atoms with van der Waals surface area (Å²) in [5.74, 6) is 1.57. The maximum atomic E-state index is 11.8. The van der Waals surface area contributed by atoms with E-state index in [9.17, 15) is 8.42 Å². The second kappa shape index (κ2) is 10.2. The van der Waals surface area contributed by atoms with E-state index in [2.05, 4.69) is 19.7 Å². The van der Waals surface area contributed by atoms with Crippen molar-refractivity contribution in [3.05, 3.63) is 24.5 Å². The molecule has 5 rings (SSSR count). The number of hydrogen-bond donors (Lipinski definition) is 1. The molecule has 0 amide bonds. The predicted octanol–water partition coefficient (Wildman–Crippen LogP) is 2.29. The molecule has 5 heterocycles. The van der Waals surface area contributed by atoms with Gasteiger partial charge >= 0.3 is 0 Å². The number of aryl methyl sites for hydroxylation is 1. The first-order chi connectivity index (χ1) is 17.3. The number of likely N-dealkylation sites (tertiary alicyclic amines) is 1. The fraction of sp³-hybridized carbons (Fsp3) is 0.542. The van der Waals surface area contributed by atoms with Crippen molar-refractivity contribution in [2.75, 3.05) is 50.9 Å². The van der Waals surface area contributed by atoms with Gasteiger partial charge in [-0.1, -0.05) is 0 Å². The average molecular weight is 517 g/mol. The maximum absolute atomic E-state index is 11.8. The van der Waals surface area contributed by atoms with Crippen LogP contribution in [0.15, 0.2) is 24.5 Å². The van der Waals surface area contributed by atoms with Crippen LogP contribution in [0.3, 0.4) is 0 Å². The Morgan fingerprint density at radius 3 is 2.75 bits per heavy atom. The normalized spacial score (nSPS) is 19.6. The van der Waals surface area contributed by atoms with Gasteiger partial charge in [0.15, 0.2) is 5.65 Å². The summed E-state index contributed by atoms with van der Waals surface area (Å²) in [6.45, 7) is 4.70. The van der Waals surface area contributed by atoms with Crippen LogP contribution in [0, 0.1) is 5.92 Å². The van der Waals surface area contributed by atoms with E-state index in [1.165, 1.54) is 7.11 Å². The summed E-state index contributed by atoms with van der Waals surface area (Å²) in [7, 11) is -0.253.